The van der Waals surface area contributed by atoms with Gasteiger partial charge in [0.1, 0.15) is 0 Å². The molecule has 2 rings (SSSR count). The van der Waals surface area contributed by atoms with Crippen molar-refractivity contribution < 1.29 is 0 Å². The van der Waals surface area contributed by atoms with Crippen LogP contribution in [0.25, 0.3) is 0 Å². The van der Waals surface area contributed by atoms with Gasteiger partial charge in [0.05, 0.1) is 0 Å². The zero-order valence-corrected chi connectivity index (χ0v) is 13.7. The molecular weight excluding hydrogens is 276 g/mol. The van der Waals surface area contributed by atoms with Gasteiger partial charge in [0.25, 0.3) is 0 Å². The molecule has 0 spiro atoms. The summed E-state index contributed by atoms with van der Waals surface area (Å²) in [5.41, 5.74) is 2.52. The largest absolute Gasteiger partial charge is 0.310 e. The first-order valence-corrected chi connectivity index (χ1v) is 8.64. The molecule has 2 aromatic rings. The number of aromatic nitrogens is 1. The summed E-state index contributed by atoms with van der Waals surface area (Å²) in [5.74, 6) is 1.07. The van der Waals surface area contributed by atoms with Gasteiger partial charge in [-0.25, -0.2) is 0 Å². The van der Waals surface area contributed by atoms with Gasteiger partial charge < -0.3 is 5.32 Å². The van der Waals surface area contributed by atoms with Crippen molar-refractivity contribution in [3.8, 4) is 0 Å². The van der Waals surface area contributed by atoms with Crippen molar-refractivity contribution in [1.29, 1.82) is 0 Å². The third kappa shape index (κ3) is 5.52. The molecule has 0 aliphatic heterocycles. The lowest BCUT2D eigenvalue weighted by Gasteiger charge is -2.14. The Hall–Kier alpha value is -1.32. The molecule has 2 nitrogen and oxygen atoms in total. The fourth-order valence-corrected chi connectivity index (χ4v) is 3.03. The van der Waals surface area contributed by atoms with Gasteiger partial charge in [0.15, 0.2) is 0 Å². The molecule has 0 aliphatic carbocycles. The lowest BCUT2D eigenvalue weighted by molar-refractivity contribution is 0.570. The summed E-state index contributed by atoms with van der Waals surface area (Å²) in [4.78, 5) is 5.69. The number of thioether (sulfide) groups is 1. The normalized spacial score (nSPS) is 12.3. The summed E-state index contributed by atoms with van der Waals surface area (Å²) in [6.45, 7) is 5.49. The Kier molecular flexibility index (Phi) is 6.77. The van der Waals surface area contributed by atoms with Crippen LogP contribution in [0.5, 0.6) is 0 Å². The monoisotopic (exact) mass is 300 g/mol. The maximum atomic E-state index is 4.35. The van der Waals surface area contributed by atoms with Crippen LogP contribution in [0.4, 0.5) is 0 Å². The van der Waals surface area contributed by atoms with E-state index in [1.165, 1.54) is 22.6 Å². The molecule has 0 saturated carbocycles. The first-order valence-electron chi connectivity index (χ1n) is 7.65. The number of nitrogens with zero attached hydrogens (tertiary/aromatic N) is 1. The standard InChI is InChI=1S/C18H24N2S/c1-3-12-19-15(2)16-7-9-18(10-8-16)21-14-11-17-6-4-5-13-20-17/h4-10,13,15,19H,3,11-12,14H2,1-2H3. The molecule has 0 aliphatic rings. The van der Waals surface area contributed by atoms with E-state index in [9.17, 15) is 0 Å². The third-order valence-electron chi connectivity index (χ3n) is 3.43. The molecule has 1 unspecified atom stereocenters. The molecule has 1 heterocycles. The molecule has 1 aromatic heterocycles. The minimum absolute atomic E-state index is 0.428. The lowest BCUT2D eigenvalue weighted by Crippen LogP contribution is -2.19. The molecule has 3 heteroatoms. The number of benzene rings is 1. The van der Waals surface area contributed by atoms with Gasteiger partial charge in [-0.05, 0) is 56.1 Å². The number of aryl methyl sites for hydroxylation is 1. The minimum atomic E-state index is 0.428. The zero-order chi connectivity index (χ0) is 14.9. The van der Waals surface area contributed by atoms with Crippen molar-refractivity contribution in [2.45, 2.75) is 37.6 Å². The zero-order valence-electron chi connectivity index (χ0n) is 12.9. The second-order valence-electron chi connectivity index (χ2n) is 5.16. The van der Waals surface area contributed by atoms with Gasteiger partial charge in [-0.1, -0.05) is 25.1 Å². The summed E-state index contributed by atoms with van der Waals surface area (Å²) in [5, 5.41) is 3.52. The maximum Gasteiger partial charge on any atom is 0.0411 e. The van der Waals surface area contributed by atoms with Crippen LogP contribution in [-0.4, -0.2) is 17.3 Å². The second kappa shape index (κ2) is 8.85. The molecule has 0 amide bonds. The average Bonchev–Trinajstić information content (AvgIpc) is 2.54. The quantitative estimate of drug-likeness (QED) is 0.728. The molecule has 0 radical (unpaired) electrons. The van der Waals surface area contributed by atoms with E-state index in [4.69, 9.17) is 0 Å². The van der Waals surface area contributed by atoms with E-state index in [0.717, 1.165) is 18.7 Å². The van der Waals surface area contributed by atoms with Gasteiger partial charge in [-0.15, -0.1) is 11.8 Å². The Morgan fingerprint density at radius 3 is 2.62 bits per heavy atom. The molecule has 0 bridgehead atoms. The number of pyridine rings is 1. The Morgan fingerprint density at radius 1 is 1.14 bits per heavy atom. The predicted molar refractivity (Wildman–Crippen MR) is 91.8 cm³/mol. The molecule has 1 N–H and O–H groups in total. The van der Waals surface area contributed by atoms with E-state index in [1.807, 2.05) is 30.1 Å². The van der Waals surface area contributed by atoms with E-state index in [1.54, 1.807) is 0 Å². The van der Waals surface area contributed by atoms with Crippen molar-refractivity contribution in [3.05, 3.63) is 59.9 Å². The van der Waals surface area contributed by atoms with Crippen molar-refractivity contribution in [2.24, 2.45) is 0 Å². The van der Waals surface area contributed by atoms with Crippen LogP contribution in [0.2, 0.25) is 0 Å². The lowest BCUT2D eigenvalue weighted by atomic mass is 10.1. The topological polar surface area (TPSA) is 24.9 Å². The summed E-state index contributed by atoms with van der Waals surface area (Å²) in [6, 6.07) is 15.4. The minimum Gasteiger partial charge on any atom is -0.310 e. The highest BCUT2D eigenvalue weighted by Crippen LogP contribution is 2.21. The van der Waals surface area contributed by atoms with Crippen molar-refractivity contribution >= 4 is 11.8 Å². The highest BCUT2D eigenvalue weighted by Gasteiger charge is 2.04. The third-order valence-corrected chi connectivity index (χ3v) is 4.45. The van der Waals surface area contributed by atoms with Gasteiger partial charge in [0.2, 0.25) is 0 Å². The average molecular weight is 300 g/mol. The highest BCUT2D eigenvalue weighted by atomic mass is 32.2. The van der Waals surface area contributed by atoms with E-state index < -0.39 is 0 Å². The first kappa shape index (κ1) is 16.1. The number of hydrogen-bond acceptors (Lipinski definition) is 3. The van der Waals surface area contributed by atoms with Crippen molar-refractivity contribution in [1.82, 2.24) is 10.3 Å². The predicted octanol–water partition coefficient (Wildman–Crippen LogP) is 4.48. The van der Waals surface area contributed by atoms with Gasteiger partial charge >= 0.3 is 0 Å². The van der Waals surface area contributed by atoms with Crippen LogP contribution >= 0.6 is 11.8 Å². The fourth-order valence-electron chi connectivity index (χ4n) is 2.15. The second-order valence-corrected chi connectivity index (χ2v) is 6.33. The van der Waals surface area contributed by atoms with Crippen molar-refractivity contribution in [3.63, 3.8) is 0 Å². The maximum absolute atomic E-state index is 4.35. The molecule has 0 saturated heterocycles. The smallest absolute Gasteiger partial charge is 0.0411 e. The van der Waals surface area contributed by atoms with Crippen LogP contribution in [0.1, 0.15) is 37.6 Å². The summed E-state index contributed by atoms with van der Waals surface area (Å²) in [7, 11) is 0. The number of nitrogens with one attached hydrogen (secondary N) is 1. The van der Waals surface area contributed by atoms with Crippen LogP contribution in [0.3, 0.4) is 0 Å². The van der Waals surface area contributed by atoms with Gasteiger partial charge in [0, 0.05) is 28.6 Å². The van der Waals surface area contributed by atoms with Gasteiger partial charge in [-0.3, -0.25) is 4.98 Å². The van der Waals surface area contributed by atoms with Crippen molar-refractivity contribution in [2.75, 3.05) is 12.3 Å². The van der Waals surface area contributed by atoms with E-state index in [2.05, 4.69) is 54.5 Å². The van der Waals surface area contributed by atoms with E-state index >= 15 is 0 Å². The Balaban J connectivity index is 1.79. The highest BCUT2D eigenvalue weighted by molar-refractivity contribution is 7.99. The molecular formula is C18H24N2S. The Bertz CT molecular complexity index is 511. The number of hydrogen-bond donors (Lipinski definition) is 1. The molecule has 0 fully saturated rings. The molecule has 112 valence electrons. The number of rotatable bonds is 8. The van der Waals surface area contributed by atoms with E-state index in [-0.39, 0.29) is 0 Å². The van der Waals surface area contributed by atoms with E-state index in [0.29, 0.717) is 6.04 Å². The van der Waals surface area contributed by atoms with Crippen LogP contribution in [0, 0.1) is 0 Å². The van der Waals surface area contributed by atoms with Crippen LogP contribution in [0.15, 0.2) is 53.6 Å². The van der Waals surface area contributed by atoms with Crippen LogP contribution in [-0.2, 0) is 6.42 Å². The summed E-state index contributed by atoms with van der Waals surface area (Å²) >= 11 is 1.89. The first-order chi connectivity index (χ1) is 10.3. The Labute approximate surface area is 132 Å². The molecule has 21 heavy (non-hydrogen) atoms. The van der Waals surface area contributed by atoms with Gasteiger partial charge in [-0.2, -0.15) is 0 Å². The SMILES string of the molecule is CCCNC(C)c1ccc(SCCc2ccccn2)cc1. The summed E-state index contributed by atoms with van der Waals surface area (Å²) in [6.07, 6.45) is 4.05. The molecule has 1 atom stereocenters. The van der Waals surface area contributed by atoms with Crippen LogP contribution < -0.4 is 5.32 Å². The summed E-state index contributed by atoms with van der Waals surface area (Å²) < 4.78 is 0. The molecule has 1 aromatic carbocycles. The Morgan fingerprint density at radius 2 is 1.95 bits per heavy atom. The fraction of sp³-hybridized carbons (Fsp3) is 0.389.